The second kappa shape index (κ2) is 4.19. The van der Waals surface area contributed by atoms with Gasteiger partial charge in [0, 0.05) is 28.2 Å². The molecule has 3 nitrogen and oxygen atoms in total. The van der Waals surface area contributed by atoms with Crippen LogP contribution in [0.2, 0.25) is 0 Å². The summed E-state index contributed by atoms with van der Waals surface area (Å²) in [7, 11) is 0. The largest absolute Gasteiger partial charge is 0.350 e. The lowest BCUT2D eigenvalue weighted by Gasteiger charge is -2.38. The first-order valence-corrected chi connectivity index (χ1v) is 7.99. The van der Waals surface area contributed by atoms with Crippen molar-refractivity contribution in [3.8, 4) is 0 Å². The molecule has 3 aliphatic rings. The van der Waals surface area contributed by atoms with Crippen LogP contribution >= 0.6 is 15.9 Å². The van der Waals surface area contributed by atoms with Crippen molar-refractivity contribution in [3.63, 3.8) is 0 Å². The number of halogens is 1. The highest BCUT2D eigenvalue weighted by Crippen LogP contribution is 2.42. The molecule has 2 unspecified atom stereocenters. The monoisotopic (exact) mass is 307 g/mol. The van der Waals surface area contributed by atoms with E-state index in [1.54, 1.807) is 6.33 Å². The Labute approximate surface area is 116 Å². The summed E-state index contributed by atoms with van der Waals surface area (Å²) in [6.45, 7) is 0. The van der Waals surface area contributed by atoms with Crippen molar-refractivity contribution in [1.29, 1.82) is 0 Å². The van der Waals surface area contributed by atoms with Crippen molar-refractivity contribution in [1.82, 2.24) is 9.97 Å². The SMILES string of the molecule is BrC1CC2CCC(C1)N2c1ncnc2c1CCC2. The van der Waals surface area contributed by atoms with E-state index in [2.05, 4.69) is 30.8 Å². The van der Waals surface area contributed by atoms with E-state index in [0.717, 1.165) is 6.42 Å². The summed E-state index contributed by atoms with van der Waals surface area (Å²) in [6, 6.07) is 1.40. The molecule has 2 atom stereocenters. The van der Waals surface area contributed by atoms with Crippen LogP contribution in [0.3, 0.4) is 0 Å². The number of nitrogens with zero attached hydrogens (tertiary/aromatic N) is 3. The van der Waals surface area contributed by atoms with Crippen LogP contribution in [0.5, 0.6) is 0 Å². The number of anilines is 1. The predicted molar refractivity (Wildman–Crippen MR) is 75.3 cm³/mol. The van der Waals surface area contributed by atoms with Crippen molar-refractivity contribution in [2.45, 2.75) is 61.9 Å². The molecule has 2 bridgehead atoms. The molecular weight excluding hydrogens is 290 g/mol. The van der Waals surface area contributed by atoms with E-state index in [0.29, 0.717) is 16.9 Å². The summed E-state index contributed by atoms with van der Waals surface area (Å²) in [5.41, 5.74) is 2.75. The smallest absolute Gasteiger partial charge is 0.135 e. The zero-order valence-electron chi connectivity index (χ0n) is 10.5. The van der Waals surface area contributed by atoms with Gasteiger partial charge < -0.3 is 4.90 Å². The van der Waals surface area contributed by atoms with E-state index in [1.165, 1.54) is 55.6 Å². The maximum atomic E-state index is 4.64. The topological polar surface area (TPSA) is 29.0 Å². The number of aromatic nitrogens is 2. The average molecular weight is 308 g/mol. The van der Waals surface area contributed by atoms with E-state index >= 15 is 0 Å². The maximum absolute atomic E-state index is 4.64. The van der Waals surface area contributed by atoms with E-state index in [9.17, 15) is 0 Å². The average Bonchev–Trinajstić information content (AvgIpc) is 2.92. The Hall–Kier alpha value is -0.640. The molecule has 2 fully saturated rings. The first kappa shape index (κ1) is 11.2. The second-order valence-corrected chi connectivity index (χ2v) is 7.13. The summed E-state index contributed by atoms with van der Waals surface area (Å²) in [5.74, 6) is 1.27. The Kier molecular flexibility index (Phi) is 2.61. The number of fused-ring (bicyclic) bond motifs is 3. The van der Waals surface area contributed by atoms with Crippen LogP contribution in [0.1, 0.15) is 43.4 Å². The molecule has 1 aliphatic carbocycles. The number of hydrogen-bond acceptors (Lipinski definition) is 3. The Bertz CT molecular complexity index is 462. The molecule has 1 aromatic rings. The zero-order chi connectivity index (χ0) is 12.1. The highest BCUT2D eigenvalue weighted by molar-refractivity contribution is 9.09. The van der Waals surface area contributed by atoms with Crippen LogP contribution in [0, 0.1) is 0 Å². The quantitative estimate of drug-likeness (QED) is 0.747. The van der Waals surface area contributed by atoms with Gasteiger partial charge >= 0.3 is 0 Å². The summed E-state index contributed by atoms with van der Waals surface area (Å²) in [6.07, 6.45) is 10.6. The van der Waals surface area contributed by atoms with Gasteiger partial charge in [-0.1, -0.05) is 15.9 Å². The highest BCUT2D eigenvalue weighted by Gasteiger charge is 2.41. The molecular formula is C14H18BrN3. The first-order valence-electron chi connectivity index (χ1n) is 7.08. The minimum Gasteiger partial charge on any atom is -0.350 e. The van der Waals surface area contributed by atoms with Crippen molar-refractivity contribution >= 4 is 21.7 Å². The molecule has 0 aromatic carbocycles. The van der Waals surface area contributed by atoms with E-state index in [1.807, 2.05) is 0 Å². The fourth-order valence-electron chi connectivity index (χ4n) is 4.02. The minimum absolute atomic E-state index is 0.702. The van der Waals surface area contributed by atoms with Gasteiger partial charge in [-0.15, -0.1) is 0 Å². The summed E-state index contributed by atoms with van der Waals surface area (Å²) < 4.78 is 0. The number of piperidine rings is 1. The van der Waals surface area contributed by atoms with Gasteiger partial charge in [0.2, 0.25) is 0 Å². The van der Waals surface area contributed by atoms with Gasteiger partial charge in [-0.3, -0.25) is 0 Å². The molecule has 3 heterocycles. The van der Waals surface area contributed by atoms with Crippen molar-refractivity contribution in [3.05, 3.63) is 17.6 Å². The molecule has 2 aliphatic heterocycles. The van der Waals surface area contributed by atoms with Gasteiger partial charge in [0.05, 0.1) is 0 Å². The van der Waals surface area contributed by atoms with Crippen molar-refractivity contribution in [2.24, 2.45) is 0 Å². The molecule has 0 amide bonds. The lowest BCUT2D eigenvalue weighted by atomic mass is 10.0. The molecule has 1 aromatic heterocycles. The lowest BCUT2D eigenvalue weighted by molar-refractivity contribution is 0.478. The molecule has 0 saturated carbocycles. The predicted octanol–water partition coefficient (Wildman–Crippen LogP) is 2.86. The van der Waals surface area contributed by atoms with Crippen LogP contribution in [0.25, 0.3) is 0 Å². The third-order valence-electron chi connectivity index (χ3n) is 4.77. The summed E-state index contributed by atoms with van der Waals surface area (Å²) in [5, 5.41) is 0. The molecule has 2 saturated heterocycles. The van der Waals surface area contributed by atoms with Gasteiger partial charge in [-0.25, -0.2) is 9.97 Å². The number of aryl methyl sites for hydroxylation is 1. The van der Waals surface area contributed by atoms with Gasteiger partial charge in [-0.05, 0) is 44.9 Å². The molecule has 4 heteroatoms. The first-order chi connectivity index (χ1) is 8.83. The summed E-state index contributed by atoms with van der Waals surface area (Å²) >= 11 is 3.81. The standard InChI is InChI=1S/C14H18BrN3/c15-9-6-10-4-5-11(7-9)18(10)14-12-2-1-3-13(12)16-8-17-14/h8-11H,1-7H2. The molecule has 0 spiro atoms. The fraction of sp³-hybridized carbons (Fsp3) is 0.714. The van der Waals surface area contributed by atoms with Crippen LogP contribution < -0.4 is 4.90 Å². The Morgan fingerprint density at radius 1 is 1.11 bits per heavy atom. The van der Waals surface area contributed by atoms with E-state index in [-0.39, 0.29) is 0 Å². The van der Waals surface area contributed by atoms with Crippen LogP contribution in [0.4, 0.5) is 5.82 Å². The summed E-state index contributed by atoms with van der Waals surface area (Å²) in [4.78, 5) is 12.4. The van der Waals surface area contributed by atoms with Crippen molar-refractivity contribution < 1.29 is 0 Å². The second-order valence-electron chi connectivity index (χ2n) is 5.84. The highest BCUT2D eigenvalue weighted by atomic mass is 79.9. The molecule has 4 rings (SSSR count). The van der Waals surface area contributed by atoms with Gasteiger partial charge in [0.15, 0.2) is 0 Å². The normalized spacial score (nSPS) is 33.8. The minimum atomic E-state index is 0.702. The molecule has 0 N–H and O–H groups in total. The zero-order valence-corrected chi connectivity index (χ0v) is 12.1. The van der Waals surface area contributed by atoms with Crippen LogP contribution in [0.15, 0.2) is 6.33 Å². The van der Waals surface area contributed by atoms with Gasteiger partial charge in [0.25, 0.3) is 0 Å². The van der Waals surface area contributed by atoms with Crippen LogP contribution in [-0.4, -0.2) is 26.9 Å². The maximum Gasteiger partial charge on any atom is 0.135 e. The van der Waals surface area contributed by atoms with Crippen LogP contribution in [-0.2, 0) is 12.8 Å². The van der Waals surface area contributed by atoms with Gasteiger partial charge in [0.1, 0.15) is 12.1 Å². The van der Waals surface area contributed by atoms with Gasteiger partial charge in [-0.2, -0.15) is 0 Å². The Morgan fingerprint density at radius 2 is 1.89 bits per heavy atom. The Morgan fingerprint density at radius 3 is 2.67 bits per heavy atom. The molecule has 18 heavy (non-hydrogen) atoms. The van der Waals surface area contributed by atoms with E-state index < -0.39 is 0 Å². The number of rotatable bonds is 1. The van der Waals surface area contributed by atoms with E-state index in [4.69, 9.17) is 0 Å². The Balaban J connectivity index is 1.74. The van der Waals surface area contributed by atoms with Crippen molar-refractivity contribution in [2.75, 3.05) is 4.90 Å². The third kappa shape index (κ3) is 1.61. The number of hydrogen-bond donors (Lipinski definition) is 0. The number of alkyl halides is 1. The molecule has 0 radical (unpaired) electrons. The third-order valence-corrected chi connectivity index (χ3v) is 5.52. The molecule has 96 valence electrons. The lowest BCUT2D eigenvalue weighted by Crippen LogP contribution is -2.44. The fourth-order valence-corrected chi connectivity index (χ4v) is 4.88.